The summed E-state index contributed by atoms with van der Waals surface area (Å²) in [5.41, 5.74) is 0.106. The Bertz CT molecular complexity index is 618. The summed E-state index contributed by atoms with van der Waals surface area (Å²) in [5, 5.41) is 12.4. The number of ketones is 1. The number of hydrogen-bond acceptors (Lipinski definition) is 8. The van der Waals surface area contributed by atoms with Crippen LogP contribution in [0.1, 0.15) is 12.8 Å². The number of anilines is 2. The molecule has 7 nitrogen and oxygen atoms in total. The van der Waals surface area contributed by atoms with Crippen LogP contribution in [-0.2, 0) is 4.79 Å². The summed E-state index contributed by atoms with van der Waals surface area (Å²) in [6.07, 6.45) is 4.97. The molecular weight excluding hydrogens is 288 g/mol. The maximum atomic E-state index is 11.9. The standard InChI is InChI=1S/C13H16N6OS/c1-19(2)12-16-11(17-13(18-12)21-3)15-7-9(6-14)10(20)8-4-5-8/h7-8H,4-5H2,1-3H3,(H,15,16,17,18)/b9-7-. The Morgan fingerprint density at radius 3 is 2.67 bits per heavy atom. The third-order valence-corrected chi connectivity index (χ3v) is 3.41. The van der Waals surface area contributed by atoms with Crippen molar-refractivity contribution in [2.45, 2.75) is 18.0 Å². The second-order valence-corrected chi connectivity index (χ2v) is 5.57. The number of hydrogen-bond donors (Lipinski definition) is 1. The van der Waals surface area contributed by atoms with Crippen molar-refractivity contribution >= 4 is 29.4 Å². The van der Waals surface area contributed by atoms with Crippen LogP contribution >= 0.6 is 11.8 Å². The van der Waals surface area contributed by atoms with Gasteiger partial charge in [0.2, 0.25) is 11.9 Å². The lowest BCUT2D eigenvalue weighted by atomic mass is 10.1. The van der Waals surface area contributed by atoms with E-state index in [0.29, 0.717) is 17.1 Å². The average molecular weight is 304 g/mol. The predicted molar refractivity (Wildman–Crippen MR) is 81.0 cm³/mol. The first-order valence-corrected chi connectivity index (χ1v) is 7.66. The molecule has 1 fully saturated rings. The zero-order chi connectivity index (χ0) is 15.4. The number of Topliss-reactive ketones (excluding diaryl/α,β-unsaturated/α-hetero) is 1. The normalized spacial score (nSPS) is 14.5. The van der Waals surface area contributed by atoms with E-state index in [1.165, 1.54) is 18.0 Å². The van der Waals surface area contributed by atoms with Crippen molar-refractivity contribution in [3.05, 3.63) is 11.8 Å². The highest BCUT2D eigenvalue weighted by molar-refractivity contribution is 7.98. The van der Waals surface area contributed by atoms with Crippen LogP contribution in [0.3, 0.4) is 0 Å². The lowest BCUT2D eigenvalue weighted by Crippen LogP contribution is -2.15. The van der Waals surface area contributed by atoms with E-state index in [-0.39, 0.29) is 17.3 Å². The summed E-state index contributed by atoms with van der Waals surface area (Å²) in [6, 6.07) is 1.92. The quantitative estimate of drug-likeness (QED) is 0.479. The maximum absolute atomic E-state index is 11.9. The highest BCUT2D eigenvalue weighted by Crippen LogP contribution is 2.32. The number of nitrogens with one attached hydrogen (secondary N) is 1. The van der Waals surface area contributed by atoms with Gasteiger partial charge in [0.15, 0.2) is 10.9 Å². The number of rotatable bonds is 6. The maximum Gasteiger partial charge on any atom is 0.232 e. The highest BCUT2D eigenvalue weighted by atomic mass is 32.2. The first-order valence-electron chi connectivity index (χ1n) is 6.43. The minimum absolute atomic E-state index is 0.00940. The smallest absolute Gasteiger partial charge is 0.232 e. The molecule has 0 bridgehead atoms. The van der Waals surface area contributed by atoms with Crippen molar-refractivity contribution in [2.75, 3.05) is 30.6 Å². The number of nitriles is 1. The van der Waals surface area contributed by atoms with Gasteiger partial charge in [0, 0.05) is 26.2 Å². The molecule has 0 amide bonds. The van der Waals surface area contributed by atoms with E-state index in [1.807, 2.05) is 26.4 Å². The molecule has 0 aromatic carbocycles. The van der Waals surface area contributed by atoms with Gasteiger partial charge in [-0.15, -0.1) is 0 Å². The Hall–Kier alpha value is -2.14. The summed E-state index contributed by atoms with van der Waals surface area (Å²) in [4.78, 5) is 26.3. The molecule has 0 saturated heterocycles. The van der Waals surface area contributed by atoms with Gasteiger partial charge in [-0.2, -0.15) is 20.2 Å². The molecule has 110 valence electrons. The predicted octanol–water partition coefficient (Wildman–Crippen LogP) is 1.46. The van der Waals surface area contributed by atoms with Crippen LogP contribution < -0.4 is 10.2 Å². The van der Waals surface area contributed by atoms with E-state index < -0.39 is 0 Å². The van der Waals surface area contributed by atoms with Crippen LogP contribution in [0.2, 0.25) is 0 Å². The molecule has 1 saturated carbocycles. The van der Waals surface area contributed by atoms with Crippen LogP contribution in [0, 0.1) is 17.2 Å². The fraction of sp³-hybridized carbons (Fsp3) is 0.462. The molecule has 1 N–H and O–H groups in total. The van der Waals surface area contributed by atoms with E-state index in [0.717, 1.165) is 12.8 Å². The molecular formula is C13H16N6OS. The van der Waals surface area contributed by atoms with Crippen molar-refractivity contribution < 1.29 is 4.79 Å². The SMILES string of the molecule is CSc1nc(N/C=C(/C#N)C(=O)C2CC2)nc(N(C)C)n1. The number of thioether (sulfide) groups is 1. The van der Waals surface area contributed by atoms with Gasteiger partial charge in [-0.3, -0.25) is 4.79 Å². The molecule has 1 aromatic rings. The van der Waals surface area contributed by atoms with Crippen LogP contribution in [0.5, 0.6) is 0 Å². The Labute approximate surface area is 127 Å². The van der Waals surface area contributed by atoms with Gasteiger partial charge in [0.1, 0.15) is 11.6 Å². The molecule has 1 aliphatic carbocycles. The van der Waals surface area contributed by atoms with Gasteiger partial charge in [0.25, 0.3) is 0 Å². The van der Waals surface area contributed by atoms with Crippen LogP contribution in [0.25, 0.3) is 0 Å². The lowest BCUT2D eigenvalue weighted by Gasteiger charge is -2.11. The zero-order valence-corrected chi connectivity index (χ0v) is 12.9. The van der Waals surface area contributed by atoms with E-state index in [4.69, 9.17) is 5.26 Å². The van der Waals surface area contributed by atoms with Crippen molar-refractivity contribution in [1.82, 2.24) is 15.0 Å². The molecule has 1 aliphatic rings. The minimum Gasteiger partial charge on any atom is -0.347 e. The third-order valence-electron chi connectivity index (χ3n) is 2.87. The molecule has 0 aliphatic heterocycles. The van der Waals surface area contributed by atoms with E-state index >= 15 is 0 Å². The first kappa shape index (κ1) is 15.3. The monoisotopic (exact) mass is 304 g/mol. The second-order valence-electron chi connectivity index (χ2n) is 4.79. The topological polar surface area (TPSA) is 94.8 Å². The molecule has 0 unspecified atom stereocenters. The first-order chi connectivity index (χ1) is 10.0. The van der Waals surface area contributed by atoms with Gasteiger partial charge < -0.3 is 10.2 Å². The largest absolute Gasteiger partial charge is 0.347 e. The van der Waals surface area contributed by atoms with Crippen molar-refractivity contribution in [2.24, 2.45) is 5.92 Å². The average Bonchev–Trinajstić information content (AvgIpc) is 3.31. The van der Waals surface area contributed by atoms with Crippen LogP contribution in [-0.4, -0.2) is 41.1 Å². The number of allylic oxidation sites excluding steroid dienone is 1. The Morgan fingerprint density at radius 1 is 1.43 bits per heavy atom. The van der Waals surface area contributed by atoms with Crippen molar-refractivity contribution in [3.8, 4) is 6.07 Å². The number of carbonyl (C=O) groups is 1. The van der Waals surface area contributed by atoms with Gasteiger partial charge >= 0.3 is 0 Å². The summed E-state index contributed by atoms with van der Waals surface area (Å²) in [5.74, 6) is 0.721. The van der Waals surface area contributed by atoms with Gasteiger partial charge in [0.05, 0.1) is 0 Å². The Balaban J connectivity index is 2.20. The van der Waals surface area contributed by atoms with Crippen molar-refractivity contribution in [1.29, 1.82) is 5.26 Å². The summed E-state index contributed by atoms with van der Waals surface area (Å²) in [6.45, 7) is 0. The number of carbonyl (C=O) groups excluding carboxylic acids is 1. The Morgan fingerprint density at radius 2 is 2.14 bits per heavy atom. The summed E-state index contributed by atoms with van der Waals surface area (Å²) < 4.78 is 0. The molecule has 0 atom stereocenters. The molecule has 1 aromatic heterocycles. The molecule has 2 rings (SSSR count). The molecule has 0 spiro atoms. The molecule has 0 radical (unpaired) electrons. The second kappa shape index (κ2) is 6.54. The van der Waals surface area contributed by atoms with E-state index in [9.17, 15) is 4.79 Å². The van der Waals surface area contributed by atoms with Crippen LogP contribution in [0.4, 0.5) is 11.9 Å². The number of aromatic nitrogens is 3. The Kier molecular flexibility index (Phi) is 4.75. The number of nitrogens with zero attached hydrogens (tertiary/aromatic N) is 5. The minimum atomic E-state index is -0.114. The summed E-state index contributed by atoms with van der Waals surface area (Å²) in [7, 11) is 3.66. The third kappa shape index (κ3) is 3.92. The van der Waals surface area contributed by atoms with Crippen molar-refractivity contribution in [3.63, 3.8) is 0 Å². The molecule has 8 heteroatoms. The highest BCUT2D eigenvalue weighted by Gasteiger charge is 2.31. The van der Waals surface area contributed by atoms with E-state index in [2.05, 4.69) is 20.3 Å². The van der Waals surface area contributed by atoms with Gasteiger partial charge in [-0.1, -0.05) is 11.8 Å². The summed E-state index contributed by atoms with van der Waals surface area (Å²) >= 11 is 1.39. The zero-order valence-electron chi connectivity index (χ0n) is 12.1. The lowest BCUT2D eigenvalue weighted by molar-refractivity contribution is -0.116. The molecule has 1 heterocycles. The fourth-order valence-corrected chi connectivity index (χ4v) is 1.91. The van der Waals surface area contributed by atoms with Gasteiger partial charge in [-0.05, 0) is 19.1 Å². The van der Waals surface area contributed by atoms with Gasteiger partial charge in [-0.25, -0.2) is 0 Å². The fourth-order valence-electron chi connectivity index (χ4n) is 1.56. The molecule has 21 heavy (non-hydrogen) atoms. The van der Waals surface area contributed by atoms with Crippen LogP contribution in [0.15, 0.2) is 16.9 Å². The van der Waals surface area contributed by atoms with E-state index in [1.54, 1.807) is 4.90 Å².